The maximum Gasteiger partial charge on any atom is 0.277 e. The van der Waals surface area contributed by atoms with Crippen LogP contribution in [0.15, 0.2) is 53.6 Å². The predicted octanol–water partition coefficient (Wildman–Crippen LogP) is 2.23. The lowest BCUT2D eigenvalue weighted by Gasteiger charge is -2.05. The van der Waals surface area contributed by atoms with Crippen LogP contribution in [0.3, 0.4) is 0 Å². The summed E-state index contributed by atoms with van der Waals surface area (Å²) in [5.41, 5.74) is 4.21. The average Bonchev–Trinajstić information content (AvgIpc) is 2.47. The minimum Gasteiger partial charge on any atom is -0.508 e. The van der Waals surface area contributed by atoms with Crippen LogP contribution in [0.4, 0.5) is 0 Å². The summed E-state index contributed by atoms with van der Waals surface area (Å²) in [7, 11) is 0. The van der Waals surface area contributed by atoms with Crippen molar-refractivity contribution in [2.45, 2.75) is 6.92 Å². The molecule has 108 valence electrons. The van der Waals surface area contributed by atoms with E-state index in [1.807, 2.05) is 25.1 Å². The third kappa shape index (κ3) is 4.99. The van der Waals surface area contributed by atoms with Crippen LogP contribution < -0.4 is 10.2 Å². The number of hydrogen-bond acceptors (Lipinski definition) is 4. The highest BCUT2D eigenvalue weighted by atomic mass is 16.5. The molecule has 0 radical (unpaired) electrons. The fourth-order valence-electron chi connectivity index (χ4n) is 1.63. The van der Waals surface area contributed by atoms with Gasteiger partial charge in [-0.1, -0.05) is 12.1 Å². The number of phenolic OH excluding ortho intramolecular Hbond substituents is 1. The summed E-state index contributed by atoms with van der Waals surface area (Å²) < 4.78 is 5.35. The highest BCUT2D eigenvalue weighted by Gasteiger charge is 2.01. The third-order valence-corrected chi connectivity index (χ3v) is 2.66. The van der Waals surface area contributed by atoms with Gasteiger partial charge in [-0.2, -0.15) is 5.10 Å². The molecule has 5 nitrogen and oxygen atoms in total. The monoisotopic (exact) mass is 284 g/mol. The highest BCUT2D eigenvalue weighted by molar-refractivity contribution is 5.83. The first-order chi connectivity index (χ1) is 10.1. The van der Waals surface area contributed by atoms with E-state index in [4.69, 9.17) is 9.84 Å². The van der Waals surface area contributed by atoms with Crippen LogP contribution in [-0.2, 0) is 4.79 Å². The predicted molar refractivity (Wildman–Crippen MR) is 80.5 cm³/mol. The van der Waals surface area contributed by atoms with Gasteiger partial charge in [0, 0.05) is 0 Å². The number of carbonyl (C=O) groups excluding carboxylic acids is 1. The van der Waals surface area contributed by atoms with Crippen LogP contribution in [0, 0.1) is 6.92 Å². The number of hydrogen-bond donors (Lipinski definition) is 2. The van der Waals surface area contributed by atoms with Crippen LogP contribution in [0.5, 0.6) is 11.5 Å². The van der Waals surface area contributed by atoms with Gasteiger partial charge in [0.25, 0.3) is 5.91 Å². The molecule has 2 rings (SSSR count). The second-order valence-electron chi connectivity index (χ2n) is 4.49. The lowest BCUT2D eigenvalue weighted by atomic mass is 10.2. The average molecular weight is 284 g/mol. The van der Waals surface area contributed by atoms with Crippen LogP contribution in [0.25, 0.3) is 0 Å². The Morgan fingerprint density at radius 2 is 2.05 bits per heavy atom. The van der Waals surface area contributed by atoms with Gasteiger partial charge in [-0.05, 0) is 54.4 Å². The largest absolute Gasteiger partial charge is 0.508 e. The third-order valence-electron chi connectivity index (χ3n) is 2.66. The summed E-state index contributed by atoms with van der Waals surface area (Å²) >= 11 is 0. The number of rotatable bonds is 5. The molecule has 1 amide bonds. The van der Waals surface area contributed by atoms with Crippen molar-refractivity contribution in [3.63, 3.8) is 0 Å². The Balaban J connectivity index is 1.78. The highest BCUT2D eigenvalue weighted by Crippen LogP contribution is 2.11. The molecular formula is C16H16N2O3. The van der Waals surface area contributed by atoms with Crippen molar-refractivity contribution >= 4 is 12.1 Å². The lowest BCUT2D eigenvalue weighted by Crippen LogP contribution is -2.24. The Bertz CT molecular complexity index is 636. The lowest BCUT2D eigenvalue weighted by molar-refractivity contribution is -0.123. The van der Waals surface area contributed by atoms with Gasteiger partial charge in [-0.25, -0.2) is 5.43 Å². The fraction of sp³-hybridized carbons (Fsp3) is 0.125. The molecule has 0 atom stereocenters. The second kappa shape index (κ2) is 7.09. The van der Waals surface area contributed by atoms with Gasteiger partial charge >= 0.3 is 0 Å². The zero-order valence-electron chi connectivity index (χ0n) is 11.6. The molecule has 0 aliphatic heterocycles. The molecule has 2 N–H and O–H groups in total. The first kappa shape index (κ1) is 14.6. The molecule has 0 fully saturated rings. The molecule has 5 heteroatoms. The number of amides is 1. The smallest absolute Gasteiger partial charge is 0.277 e. The van der Waals surface area contributed by atoms with Crippen LogP contribution in [-0.4, -0.2) is 23.8 Å². The number of phenols is 1. The number of hydrazone groups is 1. The standard InChI is InChI=1S/C16H16N2O3/c1-12-3-2-4-15(9-12)21-11-16(20)18-17-10-13-5-7-14(19)8-6-13/h2-10,19H,11H2,1H3,(H,18,20)/b17-10+. The molecule has 0 unspecified atom stereocenters. The molecule has 0 saturated carbocycles. The van der Waals surface area contributed by atoms with Crippen molar-refractivity contribution in [3.05, 3.63) is 59.7 Å². The number of nitrogens with zero attached hydrogens (tertiary/aromatic N) is 1. The molecule has 0 saturated heterocycles. The summed E-state index contributed by atoms with van der Waals surface area (Å²) in [6.07, 6.45) is 1.49. The van der Waals surface area contributed by atoms with Crippen molar-refractivity contribution in [1.29, 1.82) is 0 Å². The van der Waals surface area contributed by atoms with Crippen molar-refractivity contribution in [1.82, 2.24) is 5.43 Å². The molecule has 0 heterocycles. The van der Waals surface area contributed by atoms with E-state index in [0.29, 0.717) is 5.75 Å². The molecule has 2 aromatic carbocycles. The van der Waals surface area contributed by atoms with Gasteiger partial charge < -0.3 is 9.84 Å². The molecule has 0 aliphatic carbocycles. The normalized spacial score (nSPS) is 10.5. The topological polar surface area (TPSA) is 70.9 Å². The molecule has 2 aromatic rings. The quantitative estimate of drug-likeness (QED) is 0.653. The maximum atomic E-state index is 11.6. The molecule has 0 spiro atoms. The molecule has 0 aromatic heterocycles. The summed E-state index contributed by atoms with van der Waals surface area (Å²) in [5, 5.41) is 13.0. The number of ether oxygens (including phenoxy) is 1. The van der Waals surface area contributed by atoms with E-state index < -0.39 is 0 Å². The SMILES string of the molecule is Cc1cccc(OCC(=O)N/N=C/c2ccc(O)cc2)c1. The first-order valence-electron chi connectivity index (χ1n) is 6.44. The molecular weight excluding hydrogens is 268 g/mol. The Hall–Kier alpha value is -2.82. The summed E-state index contributed by atoms with van der Waals surface area (Å²) in [6.45, 7) is 1.85. The zero-order chi connectivity index (χ0) is 15.1. The van der Waals surface area contributed by atoms with Gasteiger partial charge in [0.1, 0.15) is 11.5 Å². The van der Waals surface area contributed by atoms with Gasteiger partial charge in [0.05, 0.1) is 6.21 Å². The Morgan fingerprint density at radius 3 is 2.76 bits per heavy atom. The summed E-state index contributed by atoms with van der Waals surface area (Å²) in [5.74, 6) is 0.488. The van der Waals surface area contributed by atoms with E-state index >= 15 is 0 Å². The zero-order valence-corrected chi connectivity index (χ0v) is 11.6. The van der Waals surface area contributed by atoms with Gasteiger partial charge in [0.15, 0.2) is 6.61 Å². The number of aryl methyl sites for hydroxylation is 1. The van der Waals surface area contributed by atoms with Gasteiger partial charge in [-0.3, -0.25) is 4.79 Å². The van der Waals surface area contributed by atoms with Crippen molar-refractivity contribution in [3.8, 4) is 11.5 Å². The fourth-order valence-corrected chi connectivity index (χ4v) is 1.63. The molecule has 0 bridgehead atoms. The number of nitrogens with one attached hydrogen (secondary N) is 1. The maximum absolute atomic E-state index is 11.6. The van der Waals surface area contributed by atoms with E-state index in [1.165, 1.54) is 6.21 Å². The van der Waals surface area contributed by atoms with Crippen molar-refractivity contribution in [2.75, 3.05) is 6.61 Å². The van der Waals surface area contributed by atoms with E-state index in [1.54, 1.807) is 30.3 Å². The van der Waals surface area contributed by atoms with Crippen molar-refractivity contribution < 1.29 is 14.6 Å². The summed E-state index contributed by atoms with van der Waals surface area (Å²) in [6, 6.07) is 13.9. The van der Waals surface area contributed by atoms with E-state index in [9.17, 15) is 4.79 Å². The van der Waals surface area contributed by atoms with E-state index in [-0.39, 0.29) is 18.3 Å². The molecule has 0 aliphatic rings. The number of aromatic hydroxyl groups is 1. The van der Waals surface area contributed by atoms with Crippen molar-refractivity contribution in [2.24, 2.45) is 5.10 Å². The Morgan fingerprint density at radius 1 is 1.29 bits per heavy atom. The number of benzene rings is 2. The molecule has 21 heavy (non-hydrogen) atoms. The van der Waals surface area contributed by atoms with Crippen LogP contribution in [0.2, 0.25) is 0 Å². The Kier molecular flexibility index (Phi) is 4.93. The summed E-state index contributed by atoms with van der Waals surface area (Å²) in [4.78, 5) is 11.6. The second-order valence-corrected chi connectivity index (χ2v) is 4.49. The minimum absolute atomic E-state index is 0.101. The van der Waals surface area contributed by atoms with Crippen LogP contribution in [0.1, 0.15) is 11.1 Å². The minimum atomic E-state index is -0.341. The number of carbonyl (C=O) groups is 1. The Labute approximate surface area is 122 Å². The van der Waals surface area contributed by atoms with E-state index in [2.05, 4.69) is 10.5 Å². The van der Waals surface area contributed by atoms with E-state index in [0.717, 1.165) is 11.1 Å². The van der Waals surface area contributed by atoms with Crippen LogP contribution >= 0.6 is 0 Å². The first-order valence-corrected chi connectivity index (χ1v) is 6.44. The van der Waals surface area contributed by atoms with Gasteiger partial charge in [-0.15, -0.1) is 0 Å². The van der Waals surface area contributed by atoms with Gasteiger partial charge in [0.2, 0.25) is 0 Å².